The minimum atomic E-state index is -0.495. The van der Waals surface area contributed by atoms with Crippen molar-refractivity contribution in [3.63, 3.8) is 0 Å². The number of aryl methyl sites for hydroxylation is 1. The molecule has 0 aliphatic rings. The molecule has 0 aliphatic heterocycles. The molecule has 23 heavy (non-hydrogen) atoms. The highest BCUT2D eigenvalue weighted by Crippen LogP contribution is 2.14. The number of hydrogen-bond donors (Lipinski definition) is 1. The number of hydrogen-bond acceptors (Lipinski definition) is 2. The minimum absolute atomic E-state index is 0.0858. The van der Waals surface area contributed by atoms with Crippen LogP contribution in [0.1, 0.15) is 36.2 Å². The van der Waals surface area contributed by atoms with E-state index in [1.807, 2.05) is 38.1 Å². The maximum atomic E-state index is 13.5. The lowest BCUT2D eigenvalue weighted by Gasteiger charge is -2.10. The molecular weight excluding hydrogens is 293 g/mol. The molecule has 0 saturated carbocycles. The van der Waals surface area contributed by atoms with E-state index in [9.17, 15) is 9.18 Å². The van der Waals surface area contributed by atoms with Crippen molar-refractivity contribution in [3.8, 4) is 5.75 Å². The fraction of sp³-hybridized carbons (Fsp3) is 0.316. The van der Waals surface area contributed by atoms with Crippen LogP contribution in [-0.4, -0.2) is 18.6 Å². The Labute approximate surface area is 136 Å². The molecule has 0 aliphatic carbocycles. The second-order valence-corrected chi connectivity index (χ2v) is 5.65. The third-order valence-electron chi connectivity index (χ3n) is 3.34. The molecule has 0 bridgehead atoms. The van der Waals surface area contributed by atoms with Gasteiger partial charge in [0.2, 0.25) is 0 Å². The molecule has 2 rings (SSSR count). The highest BCUT2D eigenvalue weighted by molar-refractivity contribution is 5.94. The number of halogens is 1. The van der Waals surface area contributed by atoms with Crippen molar-refractivity contribution in [2.75, 3.05) is 6.54 Å². The summed E-state index contributed by atoms with van der Waals surface area (Å²) in [4.78, 5) is 11.9. The number of amides is 1. The van der Waals surface area contributed by atoms with Gasteiger partial charge >= 0.3 is 0 Å². The molecule has 0 unspecified atom stereocenters. The molecule has 1 N–H and O–H groups in total. The van der Waals surface area contributed by atoms with Crippen molar-refractivity contribution in [2.45, 2.75) is 32.8 Å². The van der Waals surface area contributed by atoms with Gasteiger partial charge in [-0.25, -0.2) is 4.39 Å². The molecule has 0 fully saturated rings. The summed E-state index contributed by atoms with van der Waals surface area (Å²) in [6.07, 6.45) is 1.80. The monoisotopic (exact) mass is 315 g/mol. The average molecular weight is 315 g/mol. The standard InChI is InChI=1S/C19H22FNO2/c1-14(2)23-16-11-9-15(10-12-16)6-5-13-21-19(22)17-7-3-4-8-18(17)20/h3-4,7-12,14H,5-6,13H2,1-2H3,(H,21,22). The zero-order chi connectivity index (χ0) is 16.7. The van der Waals surface area contributed by atoms with Crippen LogP contribution in [-0.2, 0) is 6.42 Å². The van der Waals surface area contributed by atoms with Gasteiger partial charge in [0, 0.05) is 6.54 Å². The Morgan fingerprint density at radius 3 is 2.48 bits per heavy atom. The SMILES string of the molecule is CC(C)Oc1ccc(CCCNC(=O)c2ccccc2F)cc1. The quantitative estimate of drug-likeness (QED) is 0.785. The Morgan fingerprint density at radius 2 is 1.83 bits per heavy atom. The lowest BCUT2D eigenvalue weighted by Crippen LogP contribution is -2.25. The van der Waals surface area contributed by atoms with Crippen molar-refractivity contribution in [3.05, 3.63) is 65.5 Å². The maximum absolute atomic E-state index is 13.5. The molecule has 0 heterocycles. The molecule has 0 atom stereocenters. The normalized spacial score (nSPS) is 10.6. The molecule has 0 radical (unpaired) electrons. The Hall–Kier alpha value is -2.36. The van der Waals surface area contributed by atoms with Crippen LogP contribution in [0, 0.1) is 5.82 Å². The molecule has 0 aromatic heterocycles. The summed E-state index contributed by atoms with van der Waals surface area (Å²) in [6, 6.07) is 13.9. The van der Waals surface area contributed by atoms with E-state index in [4.69, 9.17) is 4.74 Å². The van der Waals surface area contributed by atoms with Crippen molar-refractivity contribution < 1.29 is 13.9 Å². The summed E-state index contributed by atoms with van der Waals surface area (Å²) in [5.74, 6) is -0.00821. The van der Waals surface area contributed by atoms with Crippen molar-refractivity contribution in [2.24, 2.45) is 0 Å². The van der Waals surface area contributed by atoms with Crippen LogP contribution in [0.25, 0.3) is 0 Å². The van der Waals surface area contributed by atoms with Crippen molar-refractivity contribution in [1.82, 2.24) is 5.32 Å². The third kappa shape index (κ3) is 5.40. The van der Waals surface area contributed by atoms with Crippen LogP contribution in [0.2, 0.25) is 0 Å². The second kappa shape index (κ2) is 8.32. The van der Waals surface area contributed by atoms with Gasteiger partial charge in [0.05, 0.1) is 11.7 Å². The van der Waals surface area contributed by atoms with Gasteiger partial charge in [-0.15, -0.1) is 0 Å². The van der Waals surface area contributed by atoms with E-state index in [0.717, 1.165) is 18.6 Å². The van der Waals surface area contributed by atoms with E-state index in [1.54, 1.807) is 12.1 Å². The highest BCUT2D eigenvalue weighted by atomic mass is 19.1. The minimum Gasteiger partial charge on any atom is -0.491 e. The largest absolute Gasteiger partial charge is 0.491 e. The van der Waals surface area contributed by atoms with E-state index >= 15 is 0 Å². The van der Waals surface area contributed by atoms with E-state index in [2.05, 4.69) is 5.32 Å². The van der Waals surface area contributed by atoms with Gasteiger partial charge < -0.3 is 10.1 Å². The second-order valence-electron chi connectivity index (χ2n) is 5.65. The van der Waals surface area contributed by atoms with Gasteiger partial charge in [0.25, 0.3) is 5.91 Å². The highest BCUT2D eigenvalue weighted by Gasteiger charge is 2.09. The molecule has 2 aromatic rings. The maximum Gasteiger partial charge on any atom is 0.254 e. The predicted octanol–water partition coefficient (Wildman–Crippen LogP) is 3.98. The molecular formula is C19H22FNO2. The zero-order valence-corrected chi connectivity index (χ0v) is 13.5. The number of carbonyl (C=O) groups is 1. The van der Waals surface area contributed by atoms with Crippen molar-refractivity contribution >= 4 is 5.91 Å². The Bertz CT molecular complexity index is 638. The van der Waals surface area contributed by atoms with Crippen LogP contribution in [0.15, 0.2) is 48.5 Å². The molecule has 122 valence electrons. The summed E-state index contributed by atoms with van der Waals surface area (Å²) in [5.41, 5.74) is 1.27. The molecule has 0 spiro atoms. The first kappa shape index (κ1) is 17.0. The van der Waals surface area contributed by atoms with Gasteiger partial charge in [-0.2, -0.15) is 0 Å². The van der Waals surface area contributed by atoms with Gasteiger partial charge in [-0.3, -0.25) is 4.79 Å². The van der Waals surface area contributed by atoms with Gasteiger partial charge in [-0.05, 0) is 56.5 Å². The Morgan fingerprint density at radius 1 is 1.13 bits per heavy atom. The lowest BCUT2D eigenvalue weighted by molar-refractivity contribution is 0.0949. The number of carbonyl (C=O) groups excluding carboxylic acids is 1. The van der Waals surface area contributed by atoms with E-state index < -0.39 is 5.82 Å². The average Bonchev–Trinajstić information content (AvgIpc) is 2.53. The predicted molar refractivity (Wildman–Crippen MR) is 89.3 cm³/mol. The van der Waals surface area contributed by atoms with Gasteiger partial charge in [-0.1, -0.05) is 24.3 Å². The van der Waals surface area contributed by atoms with Crippen LogP contribution in [0.3, 0.4) is 0 Å². The first-order chi connectivity index (χ1) is 11.1. The number of rotatable bonds is 7. The first-order valence-corrected chi connectivity index (χ1v) is 7.84. The Balaban J connectivity index is 1.75. The summed E-state index contributed by atoms with van der Waals surface area (Å²) in [6.45, 7) is 4.50. The van der Waals surface area contributed by atoms with Gasteiger partial charge in [0.15, 0.2) is 0 Å². The summed E-state index contributed by atoms with van der Waals surface area (Å²) in [7, 11) is 0. The number of benzene rings is 2. The summed E-state index contributed by atoms with van der Waals surface area (Å²) < 4.78 is 19.1. The van der Waals surface area contributed by atoms with Crippen molar-refractivity contribution in [1.29, 1.82) is 0 Å². The smallest absolute Gasteiger partial charge is 0.254 e. The van der Waals surface area contributed by atoms with Gasteiger partial charge in [0.1, 0.15) is 11.6 Å². The van der Waals surface area contributed by atoms with E-state index in [0.29, 0.717) is 6.54 Å². The van der Waals surface area contributed by atoms with E-state index in [-0.39, 0.29) is 17.6 Å². The van der Waals surface area contributed by atoms with Crippen LogP contribution in [0.5, 0.6) is 5.75 Å². The van der Waals surface area contributed by atoms with E-state index in [1.165, 1.54) is 17.7 Å². The molecule has 4 heteroatoms. The fourth-order valence-electron chi connectivity index (χ4n) is 2.24. The molecule has 2 aromatic carbocycles. The topological polar surface area (TPSA) is 38.3 Å². The molecule has 0 saturated heterocycles. The van der Waals surface area contributed by atoms with Crippen LogP contribution < -0.4 is 10.1 Å². The molecule has 3 nitrogen and oxygen atoms in total. The van der Waals surface area contributed by atoms with Crippen LogP contribution in [0.4, 0.5) is 4.39 Å². The number of ether oxygens (including phenoxy) is 1. The van der Waals surface area contributed by atoms with Crippen LogP contribution >= 0.6 is 0 Å². The first-order valence-electron chi connectivity index (χ1n) is 7.84. The third-order valence-corrected chi connectivity index (χ3v) is 3.34. The fourth-order valence-corrected chi connectivity index (χ4v) is 2.24. The number of nitrogens with one attached hydrogen (secondary N) is 1. The Kier molecular flexibility index (Phi) is 6.15. The molecule has 1 amide bonds. The lowest BCUT2D eigenvalue weighted by atomic mass is 10.1. The summed E-state index contributed by atoms with van der Waals surface area (Å²) >= 11 is 0. The summed E-state index contributed by atoms with van der Waals surface area (Å²) in [5, 5.41) is 2.74. The zero-order valence-electron chi connectivity index (χ0n) is 13.5.